The molecular weight excluding hydrogens is 391 g/mol. The third-order valence-corrected chi connectivity index (χ3v) is 4.97. The van der Waals surface area contributed by atoms with E-state index in [4.69, 9.17) is 21.1 Å². The molecule has 27 heavy (non-hydrogen) atoms. The first kappa shape index (κ1) is 19.7. The molecule has 0 amide bonds. The van der Waals surface area contributed by atoms with Gasteiger partial charge in [0.1, 0.15) is 11.6 Å². The van der Waals surface area contributed by atoms with Crippen LogP contribution in [0.5, 0.6) is 5.75 Å². The number of fused-ring (bicyclic) bond motifs is 1. The van der Waals surface area contributed by atoms with Crippen LogP contribution in [0, 0.1) is 5.82 Å². The lowest BCUT2D eigenvalue weighted by Crippen LogP contribution is -2.25. The van der Waals surface area contributed by atoms with Crippen LogP contribution in [0.2, 0.25) is 5.02 Å². The molecular formula is C19H18ClFN2O3S. The fourth-order valence-electron chi connectivity index (χ4n) is 2.49. The van der Waals surface area contributed by atoms with Crippen LogP contribution in [-0.2, 0) is 11.3 Å². The fourth-order valence-corrected chi connectivity index (χ4v) is 3.50. The van der Waals surface area contributed by atoms with Crippen LogP contribution in [0.1, 0.15) is 0 Å². The monoisotopic (exact) mass is 408 g/mol. The summed E-state index contributed by atoms with van der Waals surface area (Å²) in [5, 5.41) is 1.62. The van der Waals surface area contributed by atoms with Crippen molar-refractivity contribution in [1.29, 1.82) is 0 Å². The second-order valence-corrected chi connectivity index (χ2v) is 7.15. The van der Waals surface area contributed by atoms with Gasteiger partial charge in [0.05, 0.1) is 30.7 Å². The minimum atomic E-state index is -0.307. The molecule has 8 heteroatoms. The molecule has 0 atom stereocenters. The number of hydrogen-bond acceptors (Lipinski definition) is 5. The first-order chi connectivity index (χ1) is 13.1. The second kappa shape index (κ2) is 9.21. The average Bonchev–Trinajstić information content (AvgIpc) is 2.66. The second-order valence-electron chi connectivity index (χ2n) is 5.66. The summed E-state index contributed by atoms with van der Waals surface area (Å²) in [5.41, 5.74) is 0.429. The summed E-state index contributed by atoms with van der Waals surface area (Å²) in [6.45, 7) is 1.20. The summed E-state index contributed by atoms with van der Waals surface area (Å²) in [6, 6.07) is 10.9. The lowest BCUT2D eigenvalue weighted by Gasteiger charge is -2.13. The summed E-state index contributed by atoms with van der Waals surface area (Å²) < 4.78 is 25.2. The first-order valence-corrected chi connectivity index (χ1v) is 9.65. The van der Waals surface area contributed by atoms with E-state index >= 15 is 0 Å². The van der Waals surface area contributed by atoms with E-state index < -0.39 is 0 Å². The minimum absolute atomic E-state index is 0.129. The molecule has 0 bridgehead atoms. The van der Waals surface area contributed by atoms with Crippen LogP contribution in [-0.4, -0.2) is 35.6 Å². The molecule has 0 unspecified atom stereocenters. The molecule has 1 heterocycles. The van der Waals surface area contributed by atoms with Gasteiger partial charge in [0.2, 0.25) is 0 Å². The van der Waals surface area contributed by atoms with Crippen molar-refractivity contribution in [1.82, 2.24) is 9.55 Å². The molecule has 0 spiro atoms. The molecule has 0 aliphatic carbocycles. The van der Waals surface area contributed by atoms with Gasteiger partial charge in [-0.1, -0.05) is 23.4 Å². The standard InChI is InChI=1S/C19H18ClFN2O3S/c1-25-9-8-23-18(24)16-7-2-13(20)12-17(16)22-19(23)27-11-10-26-15-5-3-14(21)4-6-15/h2-7,12H,8-11H2,1H3. The van der Waals surface area contributed by atoms with E-state index in [1.165, 1.54) is 23.9 Å². The predicted molar refractivity (Wildman–Crippen MR) is 106 cm³/mol. The van der Waals surface area contributed by atoms with Gasteiger partial charge in [-0.2, -0.15) is 0 Å². The Labute approximate surface area is 165 Å². The molecule has 3 rings (SSSR count). The van der Waals surface area contributed by atoms with Gasteiger partial charge in [0.25, 0.3) is 5.56 Å². The number of methoxy groups -OCH3 is 1. The summed E-state index contributed by atoms with van der Waals surface area (Å²) in [5.74, 6) is 0.855. The quantitative estimate of drug-likeness (QED) is 0.320. The van der Waals surface area contributed by atoms with Crippen molar-refractivity contribution in [3.05, 3.63) is 63.7 Å². The Morgan fingerprint density at radius 3 is 2.70 bits per heavy atom. The highest BCUT2D eigenvalue weighted by molar-refractivity contribution is 7.99. The largest absolute Gasteiger partial charge is 0.493 e. The van der Waals surface area contributed by atoms with E-state index in [0.717, 1.165) is 0 Å². The SMILES string of the molecule is COCCn1c(SCCOc2ccc(F)cc2)nc2cc(Cl)ccc2c1=O. The number of rotatable bonds is 8. The third kappa shape index (κ3) is 5.00. The molecule has 2 aromatic carbocycles. The number of nitrogens with zero attached hydrogens (tertiary/aromatic N) is 2. The zero-order valence-electron chi connectivity index (χ0n) is 14.7. The van der Waals surface area contributed by atoms with Crippen molar-refractivity contribution in [2.24, 2.45) is 0 Å². The maximum atomic E-state index is 12.9. The zero-order chi connectivity index (χ0) is 19.2. The molecule has 0 N–H and O–H groups in total. The number of benzene rings is 2. The highest BCUT2D eigenvalue weighted by Crippen LogP contribution is 2.21. The Bertz CT molecular complexity index is 979. The topological polar surface area (TPSA) is 53.4 Å². The zero-order valence-corrected chi connectivity index (χ0v) is 16.2. The Hall–Kier alpha value is -2.09. The molecule has 0 aliphatic rings. The van der Waals surface area contributed by atoms with E-state index in [1.807, 2.05) is 0 Å². The summed E-state index contributed by atoms with van der Waals surface area (Å²) in [4.78, 5) is 17.4. The van der Waals surface area contributed by atoms with Crippen LogP contribution in [0.25, 0.3) is 10.9 Å². The highest BCUT2D eigenvalue weighted by atomic mass is 35.5. The Kier molecular flexibility index (Phi) is 6.71. The molecule has 0 radical (unpaired) electrons. The number of aromatic nitrogens is 2. The normalized spacial score (nSPS) is 11.1. The van der Waals surface area contributed by atoms with Crippen LogP contribution in [0.4, 0.5) is 4.39 Å². The molecule has 0 aliphatic heterocycles. The molecule has 5 nitrogen and oxygen atoms in total. The number of thioether (sulfide) groups is 1. The van der Waals surface area contributed by atoms with Crippen molar-refractivity contribution in [3.8, 4) is 5.75 Å². The maximum absolute atomic E-state index is 12.9. The van der Waals surface area contributed by atoms with Gasteiger partial charge in [0.15, 0.2) is 5.16 Å². The Morgan fingerprint density at radius 1 is 1.19 bits per heavy atom. The van der Waals surface area contributed by atoms with Crippen LogP contribution in [0.3, 0.4) is 0 Å². The maximum Gasteiger partial charge on any atom is 0.262 e. The number of ether oxygens (including phenoxy) is 2. The molecule has 0 saturated heterocycles. The first-order valence-electron chi connectivity index (χ1n) is 8.28. The van der Waals surface area contributed by atoms with E-state index in [9.17, 15) is 9.18 Å². The lowest BCUT2D eigenvalue weighted by molar-refractivity contribution is 0.183. The Balaban J connectivity index is 1.76. The van der Waals surface area contributed by atoms with Gasteiger partial charge in [-0.05, 0) is 42.5 Å². The molecule has 142 valence electrons. The summed E-state index contributed by atoms with van der Waals surface area (Å²) in [7, 11) is 1.59. The van der Waals surface area contributed by atoms with Gasteiger partial charge in [-0.3, -0.25) is 9.36 Å². The lowest BCUT2D eigenvalue weighted by atomic mass is 10.2. The van der Waals surface area contributed by atoms with Crippen LogP contribution in [0.15, 0.2) is 52.4 Å². The van der Waals surface area contributed by atoms with Crippen LogP contribution >= 0.6 is 23.4 Å². The van der Waals surface area contributed by atoms with Crippen molar-refractivity contribution in [3.63, 3.8) is 0 Å². The molecule has 3 aromatic rings. The van der Waals surface area contributed by atoms with Gasteiger partial charge >= 0.3 is 0 Å². The minimum Gasteiger partial charge on any atom is -0.493 e. The highest BCUT2D eigenvalue weighted by Gasteiger charge is 2.12. The van der Waals surface area contributed by atoms with E-state index in [0.29, 0.717) is 52.3 Å². The fraction of sp³-hybridized carbons (Fsp3) is 0.263. The predicted octanol–water partition coefficient (Wildman–Crippen LogP) is 4.01. The Morgan fingerprint density at radius 2 is 1.96 bits per heavy atom. The molecule has 0 saturated carbocycles. The van der Waals surface area contributed by atoms with Crippen molar-refractivity contribution >= 4 is 34.3 Å². The molecule has 1 aromatic heterocycles. The van der Waals surface area contributed by atoms with Crippen LogP contribution < -0.4 is 10.3 Å². The van der Waals surface area contributed by atoms with Crippen molar-refractivity contribution < 1.29 is 13.9 Å². The van der Waals surface area contributed by atoms with Crippen molar-refractivity contribution in [2.45, 2.75) is 11.7 Å². The van der Waals surface area contributed by atoms with Gasteiger partial charge in [0, 0.05) is 17.9 Å². The van der Waals surface area contributed by atoms with Gasteiger partial charge in [-0.15, -0.1) is 0 Å². The average molecular weight is 409 g/mol. The number of halogens is 2. The number of hydrogen-bond donors (Lipinski definition) is 0. The van der Waals surface area contributed by atoms with E-state index in [1.54, 1.807) is 42.0 Å². The smallest absolute Gasteiger partial charge is 0.262 e. The summed E-state index contributed by atoms with van der Waals surface area (Å²) in [6.07, 6.45) is 0. The van der Waals surface area contributed by atoms with Gasteiger partial charge in [-0.25, -0.2) is 9.37 Å². The third-order valence-electron chi connectivity index (χ3n) is 3.80. The molecule has 0 fully saturated rings. The van der Waals surface area contributed by atoms with E-state index in [2.05, 4.69) is 4.98 Å². The van der Waals surface area contributed by atoms with Crippen molar-refractivity contribution in [2.75, 3.05) is 26.1 Å². The van der Waals surface area contributed by atoms with E-state index in [-0.39, 0.29) is 11.4 Å². The summed E-state index contributed by atoms with van der Waals surface area (Å²) >= 11 is 7.44. The van der Waals surface area contributed by atoms with Gasteiger partial charge < -0.3 is 9.47 Å².